The molecule has 0 amide bonds. The van der Waals surface area contributed by atoms with E-state index in [2.05, 4.69) is 5.32 Å². The van der Waals surface area contributed by atoms with Crippen LogP contribution in [-0.4, -0.2) is 30.9 Å². The van der Waals surface area contributed by atoms with Gasteiger partial charge in [-0.2, -0.15) is 0 Å². The number of hydrogen-bond acceptors (Lipinski definition) is 3. The van der Waals surface area contributed by atoms with Crippen LogP contribution in [0.3, 0.4) is 0 Å². The van der Waals surface area contributed by atoms with Crippen molar-refractivity contribution in [3.05, 3.63) is 28.2 Å². The molecule has 0 aromatic heterocycles. The third-order valence-electron chi connectivity index (χ3n) is 3.86. The van der Waals surface area contributed by atoms with Crippen LogP contribution in [0.2, 0.25) is 10.0 Å². The Morgan fingerprint density at radius 3 is 2.71 bits per heavy atom. The SMILES string of the molecule is OC(CNCC1CCCCC1)COc1ccc(Cl)cc1Cl. The Bertz CT molecular complexity index is 436. The summed E-state index contributed by atoms with van der Waals surface area (Å²) in [6.45, 7) is 1.75. The molecule has 1 unspecified atom stereocenters. The third-order valence-corrected chi connectivity index (χ3v) is 4.39. The van der Waals surface area contributed by atoms with Gasteiger partial charge >= 0.3 is 0 Å². The molecule has 1 aromatic carbocycles. The molecule has 0 saturated heterocycles. The topological polar surface area (TPSA) is 41.5 Å². The van der Waals surface area contributed by atoms with Crippen LogP contribution in [0.15, 0.2) is 18.2 Å². The predicted octanol–water partition coefficient (Wildman–Crippen LogP) is 3.90. The normalized spacial score (nSPS) is 17.7. The summed E-state index contributed by atoms with van der Waals surface area (Å²) in [5.41, 5.74) is 0. The first-order chi connectivity index (χ1) is 10.1. The van der Waals surface area contributed by atoms with Gasteiger partial charge in [-0.3, -0.25) is 0 Å². The zero-order valence-electron chi connectivity index (χ0n) is 12.2. The molecule has 5 heteroatoms. The Labute approximate surface area is 136 Å². The highest BCUT2D eigenvalue weighted by atomic mass is 35.5. The lowest BCUT2D eigenvalue weighted by Crippen LogP contribution is -2.34. The molecule has 21 heavy (non-hydrogen) atoms. The maximum atomic E-state index is 9.93. The van der Waals surface area contributed by atoms with E-state index in [0.29, 0.717) is 22.3 Å². The van der Waals surface area contributed by atoms with Gasteiger partial charge in [0.05, 0.1) is 5.02 Å². The van der Waals surface area contributed by atoms with Crippen molar-refractivity contribution in [1.82, 2.24) is 5.32 Å². The van der Waals surface area contributed by atoms with Crippen LogP contribution < -0.4 is 10.1 Å². The van der Waals surface area contributed by atoms with Crippen LogP contribution in [0, 0.1) is 5.92 Å². The Balaban J connectivity index is 1.63. The van der Waals surface area contributed by atoms with Crippen molar-refractivity contribution in [2.24, 2.45) is 5.92 Å². The quantitative estimate of drug-likeness (QED) is 0.796. The van der Waals surface area contributed by atoms with Crippen molar-refractivity contribution in [2.45, 2.75) is 38.2 Å². The average Bonchev–Trinajstić information content (AvgIpc) is 2.47. The number of hydrogen-bond donors (Lipinski definition) is 2. The molecule has 2 N–H and O–H groups in total. The van der Waals surface area contributed by atoms with Crippen molar-refractivity contribution >= 4 is 23.2 Å². The molecule has 1 aliphatic rings. The summed E-state index contributed by atoms with van der Waals surface area (Å²) in [4.78, 5) is 0. The Kier molecular flexibility index (Phi) is 7.11. The fourth-order valence-electron chi connectivity index (χ4n) is 2.68. The van der Waals surface area contributed by atoms with E-state index in [9.17, 15) is 5.11 Å². The minimum atomic E-state index is -0.541. The van der Waals surface area contributed by atoms with Gasteiger partial charge in [0, 0.05) is 11.6 Å². The minimum Gasteiger partial charge on any atom is -0.489 e. The molecule has 1 atom stereocenters. The first kappa shape index (κ1) is 16.9. The highest BCUT2D eigenvalue weighted by Gasteiger charge is 2.14. The highest BCUT2D eigenvalue weighted by Crippen LogP contribution is 2.27. The van der Waals surface area contributed by atoms with E-state index in [-0.39, 0.29) is 6.61 Å². The van der Waals surface area contributed by atoms with Crippen LogP contribution >= 0.6 is 23.2 Å². The van der Waals surface area contributed by atoms with Crippen molar-refractivity contribution in [3.8, 4) is 5.75 Å². The van der Waals surface area contributed by atoms with Gasteiger partial charge in [-0.25, -0.2) is 0 Å². The largest absolute Gasteiger partial charge is 0.489 e. The van der Waals surface area contributed by atoms with Gasteiger partial charge in [-0.1, -0.05) is 42.5 Å². The summed E-state index contributed by atoms with van der Waals surface area (Å²) in [5.74, 6) is 1.31. The molecule has 0 radical (unpaired) electrons. The molecular weight excluding hydrogens is 309 g/mol. The average molecular weight is 332 g/mol. The summed E-state index contributed by atoms with van der Waals surface area (Å²) in [6.07, 6.45) is 6.12. The summed E-state index contributed by atoms with van der Waals surface area (Å²) < 4.78 is 5.52. The highest BCUT2D eigenvalue weighted by molar-refractivity contribution is 6.35. The van der Waals surface area contributed by atoms with Crippen LogP contribution in [0.1, 0.15) is 32.1 Å². The van der Waals surface area contributed by atoms with Crippen LogP contribution in [0.5, 0.6) is 5.75 Å². The molecule has 1 aliphatic carbocycles. The molecule has 1 aromatic rings. The minimum absolute atomic E-state index is 0.221. The van der Waals surface area contributed by atoms with E-state index in [4.69, 9.17) is 27.9 Å². The van der Waals surface area contributed by atoms with Crippen LogP contribution in [-0.2, 0) is 0 Å². The fourth-order valence-corrected chi connectivity index (χ4v) is 3.15. The van der Waals surface area contributed by atoms with E-state index in [0.717, 1.165) is 12.5 Å². The molecule has 3 nitrogen and oxygen atoms in total. The zero-order chi connectivity index (χ0) is 15.1. The molecule has 0 aliphatic heterocycles. The summed E-state index contributed by atoms with van der Waals surface area (Å²) >= 11 is 11.8. The lowest BCUT2D eigenvalue weighted by atomic mass is 9.89. The smallest absolute Gasteiger partial charge is 0.138 e. The van der Waals surface area contributed by atoms with Crippen molar-refractivity contribution < 1.29 is 9.84 Å². The molecule has 0 heterocycles. The number of halogens is 2. The molecule has 1 saturated carbocycles. The Hall–Kier alpha value is -0.480. The van der Waals surface area contributed by atoms with Gasteiger partial charge in [0.2, 0.25) is 0 Å². The molecule has 1 fully saturated rings. The molecule has 0 spiro atoms. The number of nitrogens with one attached hydrogen (secondary N) is 1. The number of aliphatic hydroxyl groups is 1. The monoisotopic (exact) mass is 331 g/mol. The van der Waals surface area contributed by atoms with Crippen molar-refractivity contribution in [3.63, 3.8) is 0 Å². The zero-order valence-corrected chi connectivity index (χ0v) is 13.7. The van der Waals surface area contributed by atoms with Gasteiger partial charge in [0.1, 0.15) is 18.5 Å². The standard InChI is InChI=1S/C16H23Cl2NO2/c17-13-6-7-16(15(18)8-13)21-11-14(20)10-19-9-12-4-2-1-3-5-12/h6-8,12,14,19-20H,1-5,9-11H2. The number of rotatable bonds is 7. The number of aliphatic hydroxyl groups excluding tert-OH is 1. The summed E-state index contributed by atoms with van der Waals surface area (Å²) in [5, 5.41) is 14.3. The van der Waals surface area contributed by atoms with Crippen LogP contribution in [0.25, 0.3) is 0 Å². The number of benzene rings is 1. The van der Waals surface area contributed by atoms with Crippen molar-refractivity contribution in [2.75, 3.05) is 19.7 Å². The van der Waals surface area contributed by atoms with E-state index in [1.807, 2.05) is 0 Å². The Morgan fingerprint density at radius 1 is 1.24 bits per heavy atom. The van der Waals surface area contributed by atoms with Gasteiger partial charge in [-0.15, -0.1) is 0 Å². The molecular formula is C16H23Cl2NO2. The second-order valence-corrected chi connectivity index (χ2v) is 6.55. The molecule has 2 rings (SSSR count). The van der Waals surface area contributed by atoms with E-state index < -0.39 is 6.10 Å². The van der Waals surface area contributed by atoms with Gasteiger partial charge in [0.15, 0.2) is 0 Å². The van der Waals surface area contributed by atoms with E-state index in [1.54, 1.807) is 18.2 Å². The summed E-state index contributed by atoms with van der Waals surface area (Å²) in [6, 6.07) is 5.06. The lowest BCUT2D eigenvalue weighted by molar-refractivity contribution is 0.105. The van der Waals surface area contributed by atoms with Gasteiger partial charge < -0.3 is 15.2 Å². The first-order valence-electron chi connectivity index (χ1n) is 7.62. The van der Waals surface area contributed by atoms with Gasteiger partial charge in [0.25, 0.3) is 0 Å². The van der Waals surface area contributed by atoms with Crippen molar-refractivity contribution in [1.29, 1.82) is 0 Å². The van der Waals surface area contributed by atoms with E-state index >= 15 is 0 Å². The fraction of sp³-hybridized carbons (Fsp3) is 0.625. The lowest BCUT2D eigenvalue weighted by Gasteiger charge is -2.22. The summed E-state index contributed by atoms with van der Waals surface area (Å²) in [7, 11) is 0. The third kappa shape index (κ3) is 6.03. The number of ether oxygens (including phenoxy) is 1. The first-order valence-corrected chi connectivity index (χ1v) is 8.37. The van der Waals surface area contributed by atoms with Crippen LogP contribution in [0.4, 0.5) is 0 Å². The Morgan fingerprint density at radius 2 is 2.00 bits per heavy atom. The molecule has 118 valence electrons. The van der Waals surface area contributed by atoms with E-state index in [1.165, 1.54) is 32.1 Å². The maximum absolute atomic E-state index is 9.93. The van der Waals surface area contributed by atoms with Gasteiger partial charge in [-0.05, 0) is 43.5 Å². The molecule has 0 bridgehead atoms. The second kappa shape index (κ2) is 8.84. The second-order valence-electron chi connectivity index (χ2n) is 5.70. The maximum Gasteiger partial charge on any atom is 0.138 e. The predicted molar refractivity (Wildman–Crippen MR) is 87.4 cm³/mol.